The van der Waals surface area contributed by atoms with Crippen LogP contribution in [-0.2, 0) is 11.8 Å². The molecule has 96 valence electrons. The first kappa shape index (κ1) is 13.6. The number of hydrogen-bond acceptors (Lipinski definition) is 2. The molecule has 0 aromatic heterocycles. The number of alkyl halides is 1. The van der Waals surface area contributed by atoms with E-state index in [-0.39, 0.29) is 5.82 Å². The largest absolute Gasteiger partial charge is 0.457 e. The number of ether oxygens (including phenoxy) is 1. The molecule has 0 N–H and O–H groups in total. The van der Waals surface area contributed by atoms with Crippen molar-refractivity contribution in [1.82, 2.24) is 0 Å². The van der Waals surface area contributed by atoms with Gasteiger partial charge in [0.25, 0.3) is 0 Å². The van der Waals surface area contributed by atoms with Crippen LogP contribution in [0, 0.1) is 17.1 Å². The summed E-state index contributed by atoms with van der Waals surface area (Å²) in [6, 6.07) is 13.8. The first-order chi connectivity index (χ1) is 9.22. The van der Waals surface area contributed by atoms with E-state index in [2.05, 4.69) is 22.0 Å². The van der Waals surface area contributed by atoms with E-state index in [0.717, 1.165) is 11.1 Å². The summed E-state index contributed by atoms with van der Waals surface area (Å²) in [5.74, 6) is 0.993. The summed E-state index contributed by atoms with van der Waals surface area (Å²) in [6.45, 7) is 0. The van der Waals surface area contributed by atoms with Crippen LogP contribution in [-0.4, -0.2) is 0 Å². The van der Waals surface area contributed by atoms with Crippen LogP contribution in [0.5, 0.6) is 11.5 Å². The van der Waals surface area contributed by atoms with Crippen LogP contribution in [0.3, 0.4) is 0 Å². The first-order valence-corrected chi connectivity index (χ1v) is 6.83. The number of rotatable bonds is 4. The fraction of sp³-hybridized carbons (Fsp3) is 0.133. The Morgan fingerprint density at radius 3 is 2.53 bits per heavy atom. The maximum atomic E-state index is 13.1. The van der Waals surface area contributed by atoms with Crippen LogP contribution in [0.2, 0.25) is 0 Å². The molecule has 0 aliphatic carbocycles. The van der Waals surface area contributed by atoms with Crippen molar-refractivity contribution in [1.29, 1.82) is 5.26 Å². The van der Waals surface area contributed by atoms with E-state index in [1.165, 1.54) is 12.1 Å². The molecule has 2 aromatic rings. The molecule has 0 atom stereocenters. The zero-order chi connectivity index (χ0) is 13.7. The van der Waals surface area contributed by atoms with Gasteiger partial charge in [0.05, 0.1) is 12.5 Å². The maximum absolute atomic E-state index is 13.1. The van der Waals surface area contributed by atoms with E-state index in [4.69, 9.17) is 10.00 Å². The zero-order valence-electron chi connectivity index (χ0n) is 10.1. The Morgan fingerprint density at radius 2 is 1.89 bits per heavy atom. The molecule has 0 aliphatic heterocycles. The smallest absolute Gasteiger partial charge is 0.131 e. The standard InChI is InChI=1S/C15H11BrFNO/c16-10-12-9-13(17)3-6-15(12)19-14-4-1-11(2-5-14)7-8-18/h1-6,9H,7,10H2. The minimum absolute atomic E-state index is 0.286. The lowest BCUT2D eigenvalue weighted by Gasteiger charge is -2.10. The molecule has 0 spiro atoms. The summed E-state index contributed by atoms with van der Waals surface area (Å²) >= 11 is 3.31. The molecule has 0 unspecified atom stereocenters. The monoisotopic (exact) mass is 319 g/mol. The number of nitrogens with zero attached hydrogens (tertiary/aromatic N) is 1. The third-order valence-electron chi connectivity index (χ3n) is 2.60. The molecule has 4 heteroatoms. The van der Waals surface area contributed by atoms with Crippen LogP contribution in [0.1, 0.15) is 11.1 Å². The summed E-state index contributed by atoms with van der Waals surface area (Å²) < 4.78 is 18.8. The normalized spacial score (nSPS) is 9.95. The highest BCUT2D eigenvalue weighted by molar-refractivity contribution is 9.08. The van der Waals surface area contributed by atoms with Gasteiger partial charge in [0.15, 0.2) is 0 Å². The molecular formula is C15H11BrFNO. The van der Waals surface area contributed by atoms with Gasteiger partial charge in [0.2, 0.25) is 0 Å². The molecule has 19 heavy (non-hydrogen) atoms. The van der Waals surface area contributed by atoms with Crippen molar-refractivity contribution in [3.8, 4) is 17.6 Å². The van der Waals surface area contributed by atoms with Crippen molar-refractivity contribution in [3.63, 3.8) is 0 Å². The van der Waals surface area contributed by atoms with E-state index in [1.54, 1.807) is 18.2 Å². The maximum Gasteiger partial charge on any atom is 0.131 e. The Labute approximate surface area is 119 Å². The molecule has 0 amide bonds. The van der Waals surface area contributed by atoms with Crippen LogP contribution < -0.4 is 4.74 Å². The van der Waals surface area contributed by atoms with Gasteiger partial charge in [0, 0.05) is 10.9 Å². The van der Waals surface area contributed by atoms with Crippen LogP contribution in [0.15, 0.2) is 42.5 Å². The number of benzene rings is 2. The second kappa shape index (κ2) is 6.35. The number of halogens is 2. The first-order valence-electron chi connectivity index (χ1n) is 5.71. The van der Waals surface area contributed by atoms with Crippen molar-refractivity contribution in [2.75, 3.05) is 0 Å². The fourth-order valence-electron chi connectivity index (χ4n) is 1.65. The topological polar surface area (TPSA) is 33.0 Å². The van der Waals surface area contributed by atoms with Gasteiger partial charge >= 0.3 is 0 Å². The molecular weight excluding hydrogens is 309 g/mol. The van der Waals surface area contributed by atoms with E-state index < -0.39 is 0 Å². The Bertz CT molecular complexity index is 605. The SMILES string of the molecule is N#CCc1ccc(Oc2ccc(F)cc2CBr)cc1. The lowest BCUT2D eigenvalue weighted by atomic mass is 10.1. The van der Waals surface area contributed by atoms with Crippen LogP contribution in [0.4, 0.5) is 4.39 Å². The predicted molar refractivity (Wildman–Crippen MR) is 74.9 cm³/mol. The summed E-state index contributed by atoms with van der Waals surface area (Å²) in [5.41, 5.74) is 1.69. The van der Waals surface area contributed by atoms with Crippen molar-refractivity contribution in [3.05, 3.63) is 59.4 Å². The Kier molecular flexibility index (Phi) is 4.53. The third-order valence-corrected chi connectivity index (χ3v) is 3.20. The van der Waals surface area contributed by atoms with Crippen molar-refractivity contribution in [2.45, 2.75) is 11.8 Å². The van der Waals surface area contributed by atoms with Gasteiger partial charge in [-0.3, -0.25) is 0 Å². The van der Waals surface area contributed by atoms with Gasteiger partial charge in [-0.15, -0.1) is 0 Å². The zero-order valence-corrected chi connectivity index (χ0v) is 11.7. The van der Waals surface area contributed by atoms with E-state index in [0.29, 0.717) is 23.2 Å². The Hall–Kier alpha value is -1.86. The van der Waals surface area contributed by atoms with E-state index in [1.807, 2.05) is 12.1 Å². The fourth-order valence-corrected chi connectivity index (χ4v) is 2.08. The third kappa shape index (κ3) is 3.55. The molecule has 0 bridgehead atoms. The summed E-state index contributed by atoms with van der Waals surface area (Å²) in [7, 11) is 0. The molecule has 2 aromatic carbocycles. The summed E-state index contributed by atoms with van der Waals surface area (Å²) in [5, 5.41) is 9.12. The van der Waals surface area contributed by atoms with Crippen LogP contribution in [0.25, 0.3) is 0 Å². The number of nitriles is 1. The second-order valence-corrected chi connectivity index (χ2v) is 4.53. The second-order valence-electron chi connectivity index (χ2n) is 3.97. The van der Waals surface area contributed by atoms with Gasteiger partial charge in [-0.2, -0.15) is 5.26 Å². The molecule has 0 radical (unpaired) electrons. The molecule has 0 saturated carbocycles. The van der Waals surface area contributed by atoms with Crippen LogP contribution >= 0.6 is 15.9 Å². The van der Waals surface area contributed by atoms with E-state index >= 15 is 0 Å². The highest BCUT2D eigenvalue weighted by atomic mass is 79.9. The lowest BCUT2D eigenvalue weighted by molar-refractivity contribution is 0.476. The van der Waals surface area contributed by atoms with Gasteiger partial charge in [-0.25, -0.2) is 4.39 Å². The molecule has 2 rings (SSSR count). The molecule has 2 nitrogen and oxygen atoms in total. The van der Waals surface area contributed by atoms with E-state index in [9.17, 15) is 4.39 Å². The molecule has 0 heterocycles. The van der Waals surface area contributed by atoms with Crippen molar-refractivity contribution < 1.29 is 9.13 Å². The molecule has 0 saturated heterocycles. The van der Waals surface area contributed by atoms with Gasteiger partial charge in [-0.1, -0.05) is 28.1 Å². The minimum atomic E-state index is -0.286. The Morgan fingerprint density at radius 1 is 1.16 bits per heavy atom. The van der Waals surface area contributed by atoms with Gasteiger partial charge in [-0.05, 0) is 35.9 Å². The minimum Gasteiger partial charge on any atom is -0.457 e. The quantitative estimate of drug-likeness (QED) is 0.773. The molecule has 0 aliphatic rings. The average Bonchev–Trinajstić information content (AvgIpc) is 2.43. The van der Waals surface area contributed by atoms with Crippen molar-refractivity contribution >= 4 is 15.9 Å². The van der Waals surface area contributed by atoms with Crippen molar-refractivity contribution in [2.24, 2.45) is 0 Å². The highest BCUT2D eigenvalue weighted by Gasteiger charge is 2.05. The average molecular weight is 320 g/mol. The Balaban J connectivity index is 2.19. The lowest BCUT2D eigenvalue weighted by Crippen LogP contribution is -1.91. The predicted octanol–water partition coefficient (Wildman–Crippen LogP) is 4.58. The molecule has 0 fully saturated rings. The van der Waals surface area contributed by atoms with Gasteiger partial charge < -0.3 is 4.74 Å². The number of hydrogen-bond donors (Lipinski definition) is 0. The summed E-state index contributed by atoms with van der Waals surface area (Å²) in [4.78, 5) is 0. The highest BCUT2D eigenvalue weighted by Crippen LogP contribution is 2.27. The van der Waals surface area contributed by atoms with Gasteiger partial charge in [0.1, 0.15) is 17.3 Å². The summed E-state index contributed by atoms with van der Waals surface area (Å²) in [6.07, 6.45) is 0.378.